The van der Waals surface area contributed by atoms with Gasteiger partial charge in [0.15, 0.2) is 5.78 Å². The molecule has 0 heterocycles. The van der Waals surface area contributed by atoms with Crippen LogP contribution in [-0.4, -0.2) is 12.0 Å². The molecule has 1 nitrogen and oxygen atoms in total. The van der Waals surface area contributed by atoms with E-state index in [4.69, 9.17) is 34.8 Å². The number of allylic oxidation sites excluding steroid dienone is 2. The quantitative estimate of drug-likeness (QED) is 0.323. The third-order valence-corrected chi connectivity index (χ3v) is 3.68. The molecule has 0 spiro atoms. The van der Waals surface area contributed by atoms with Crippen molar-refractivity contribution < 1.29 is 22.4 Å². The molecular formula is C16H7Cl3F4O. The highest BCUT2D eigenvalue weighted by Crippen LogP contribution is 2.36. The molecule has 126 valence electrons. The first-order valence-corrected chi connectivity index (χ1v) is 7.46. The van der Waals surface area contributed by atoms with Gasteiger partial charge in [-0.1, -0.05) is 34.8 Å². The normalized spacial score (nSPS) is 12.4. The molecule has 0 aliphatic heterocycles. The summed E-state index contributed by atoms with van der Waals surface area (Å²) in [5.74, 6) is -1.77. The van der Waals surface area contributed by atoms with Gasteiger partial charge in [0, 0.05) is 15.6 Å². The van der Waals surface area contributed by atoms with Crippen LogP contribution in [-0.2, 0) is 0 Å². The Hall–Kier alpha value is -1.56. The largest absolute Gasteiger partial charge is 0.417 e. The zero-order valence-electron chi connectivity index (χ0n) is 11.6. The summed E-state index contributed by atoms with van der Waals surface area (Å²) in [5.41, 5.74) is -1.77. The van der Waals surface area contributed by atoms with Crippen molar-refractivity contribution in [1.29, 1.82) is 0 Å². The summed E-state index contributed by atoms with van der Waals surface area (Å²) in [4.78, 5) is 12.1. The molecule has 0 aliphatic carbocycles. The van der Waals surface area contributed by atoms with Crippen LogP contribution in [0.5, 0.6) is 0 Å². The molecule has 0 N–H and O–H groups in total. The highest BCUT2D eigenvalue weighted by Gasteiger charge is 2.35. The molecule has 2 aromatic carbocycles. The summed E-state index contributed by atoms with van der Waals surface area (Å²) >= 11 is 17.0. The van der Waals surface area contributed by atoms with Gasteiger partial charge in [-0.15, -0.1) is 0 Å². The topological polar surface area (TPSA) is 17.1 Å². The molecule has 0 atom stereocenters. The van der Waals surface area contributed by atoms with E-state index in [1.165, 1.54) is 6.07 Å². The Kier molecular flexibility index (Phi) is 5.58. The third-order valence-electron chi connectivity index (χ3n) is 2.96. The summed E-state index contributed by atoms with van der Waals surface area (Å²) in [5, 5.41) is -0.386. The van der Waals surface area contributed by atoms with Crippen molar-refractivity contribution in [3.05, 3.63) is 74.5 Å². The van der Waals surface area contributed by atoms with Crippen molar-refractivity contribution in [2.45, 2.75) is 6.18 Å². The molecule has 0 aliphatic rings. The summed E-state index contributed by atoms with van der Waals surface area (Å²) in [6.45, 7) is 0. The minimum atomic E-state index is -4.83. The lowest BCUT2D eigenvalue weighted by Gasteiger charge is -2.13. The van der Waals surface area contributed by atoms with Crippen molar-refractivity contribution in [2.75, 3.05) is 0 Å². The Labute approximate surface area is 149 Å². The second-order valence-corrected chi connectivity index (χ2v) is 5.99. The first kappa shape index (κ1) is 18.8. The molecular weight excluding hydrogens is 391 g/mol. The summed E-state index contributed by atoms with van der Waals surface area (Å²) < 4.78 is 53.0. The smallest absolute Gasteiger partial charge is 0.289 e. The van der Waals surface area contributed by atoms with Gasteiger partial charge in [-0.3, -0.25) is 4.79 Å². The van der Waals surface area contributed by atoms with Crippen LogP contribution in [0.3, 0.4) is 0 Å². The van der Waals surface area contributed by atoms with Crippen LogP contribution in [0.4, 0.5) is 17.6 Å². The Balaban J connectivity index is 2.53. The van der Waals surface area contributed by atoms with Gasteiger partial charge in [-0.25, -0.2) is 4.39 Å². The second-order valence-electron chi connectivity index (χ2n) is 4.71. The Bertz CT molecular complexity index is 808. The van der Waals surface area contributed by atoms with Crippen molar-refractivity contribution in [3.63, 3.8) is 0 Å². The van der Waals surface area contributed by atoms with Crippen LogP contribution in [0.1, 0.15) is 15.9 Å². The molecule has 2 rings (SSSR count). The molecule has 0 fully saturated rings. The lowest BCUT2D eigenvalue weighted by molar-refractivity contribution is -0.0689. The highest BCUT2D eigenvalue weighted by molar-refractivity contribution is 6.35. The van der Waals surface area contributed by atoms with Gasteiger partial charge in [-0.05, 0) is 48.0 Å². The maximum atomic E-state index is 13.3. The molecule has 0 amide bonds. The molecule has 0 unspecified atom stereocenters. The standard InChI is InChI=1S/C16H7Cl3F4O/c17-10-3-9(4-11(18)6-10)12(16(21,22)23)7-15(24)8-1-2-14(20)13(19)5-8/h1-7H. The maximum Gasteiger partial charge on any atom is 0.417 e. The monoisotopic (exact) mass is 396 g/mol. The number of carbonyl (C=O) groups is 1. The minimum Gasteiger partial charge on any atom is -0.289 e. The Morgan fingerprint density at radius 3 is 2.00 bits per heavy atom. The number of carbonyl (C=O) groups excluding carboxylic acids is 1. The van der Waals surface area contributed by atoms with Gasteiger partial charge in [0.25, 0.3) is 0 Å². The third kappa shape index (κ3) is 4.50. The lowest BCUT2D eigenvalue weighted by Crippen LogP contribution is -2.13. The number of alkyl halides is 3. The first-order chi connectivity index (χ1) is 11.1. The number of hydrogen-bond acceptors (Lipinski definition) is 1. The molecule has 8 heteroatoms. The van der Waals surface area contributed by atoms with E-state index >= 15 is 0 Å². The average Bonchev–Trinajstić information content (AvgIpc) is 2.45. The minimum absolute atomic E-state index is 0.00933. The maximum absolute atomic E-state index is 13.3. The summed E-state index contributed by atoms with van der Waals surface area (Å²) in [6, 6.07) is 6.23. The zero-order chi connectivity index (χ0) is 18.1. The summed E-state index contributed by atoms with van der Waals surface area (Å²) in [6.07, 6.45) is -4.43. The van der Waals surface area contributed by atoms with Crippen molar-refractivity contribution in [3.8, 4) is 0 Å². The predicted molar refractivity (Wildman–Crippen MR) is 86.2 cm³/mol. The van der Waals surface area contributed by atoms with Gasteiger partial charge in [-0.2, -0.15) is 13.2 Å². The highest BCUT2D eigenvalue weighted by atomic mass is 35.5. The number of benzene rings is 2. The van der Waals surface area contributed by atoms with E-state index in [1.54, 1.807) is 0 Å². The molecule has 24 heavy (non-hydrogen) atoms. The van der Waals surface area contributed by atoms with Gasteiger partial charge in [0.05, 0.1) is 10.6 Å². The Morgan fingerprint density at radius 1 is 0.917 bits per heavy atom. The van der Waals surface area contributed by atoms with E-state index in [1.807, 2.05) is 0 Å². The predicted octanol–water partition coefficient (Wildman–Crippen LogP) is 6.61. The zero-order valence-corrected chi connectivity index (χ0v) is 13.9. The van der Waals surface area contributed by atoms with Gasteiger partial charge >= 0.3 is 6.18 Å². The molecule has 0 bridgehead atoms. The van der Waals surface area contributed by atoms with Gasteiger partial charge < -0.3 is 0 Å². The molecule has 0 saturated heterocycles. The fourth-order valence-electron chi connectivity index (χ4n) is 1.90. The molecule has 0 aromatic heterocycles. The van der Waals surface area contributed by atoms with E-state index in [0.717, 1.165) is 30.3 Å². The van der Waals surface area contributed by atoms with E-state index in [0.29, 0.717) is 6.08 Å². The summed E-state index contributed by atoms with van der Waals surface area (Å²) in [7, 11) is 0. The van der Waals surface area contributed by atoms with Crippen LogP contribution in [0.2, 0.25) is 15.1 Å². The van der Waals surface area contributed by atoms with Crippen LogP contribution in [0.15, 0.2) is 42.5 Å². The van der Waals surface area contributed by atoms with Crippen molar-refractivity contribution in [2.24, 2.45) is 0 Å². The van der Waals surface area contributed by atoms with E-state index in [-0.39, 0.29) is 26.2 Å². The average molecular weight is 398 g/mol. The molecule has 0 radical (unpaired) electrons. The number of rotatable bonds is 3. The van der Waals surface area contributed by atoms with Gasteiger partial charge in [0.1, 0.15) is 5.82 Å². The van der Waals surface area contributed by atoms with Crippen molar-refractivity contribution in [1.82, 2.24) is 0 Å². The lowest BCUT2D eigenvalue weighted by atomic mass is 10.0. The van der Waals surface area contributed by atoms with E-state index in [9.17, 15) is 22.4 Å². The van der Waals surface area contributed by atoms with Crippen LogP contribution < -0.4 is 0 Å². The van der Waals surface area contributed by atoms with E-state index < -0.39 is 23.3 Å². The first-order valence-electron chi connectivity index (χ1n) is 6.32. The number of halogens is 7. The SMILES string of the molecule is O=C(C=C(c1cc(Cl)cc(Cl)c1)C(F)(F)F)c1ccc(F)c(Cl)c1. The number of hydrogen-bond donors (Lipinski definition) is 0. The van der Waals surface area contributed by atoms with E-state index in [2.05, 4.69) is 0 Å². The second kappa shape index (κ2) is 7.13. The molecule has 2 aromatic rings. The van der Waals surface area contributed by atoms with Crippen LogP contribution >= 0.6 is 34.8 Å². The van der Waals surface area contributed by atoms with Crippen LogP contribution in [0, 0.1) is 5.82 Å². The van der Waals surface area contributed by atoms with Gasteiger partial charge in [0.2, 0.25) is 0 Å². The molecule has 0 saturated carbocycles. The fourth-order valence-corrected chi connectivity index (χ4v) is 2.61. The van der Waals surface area contributed by atoms with Crippen LogP contribution in [0.25, 0.3) is 5.57 Å². The number of ketones is 1. The fraction of sp³-hybridized carbons (Fsp3) is 0.0625. The Morgan fingerprint density at radius 2 is 1.50 bits per heavy atom. The van der Waals surface area contributed by atoms with Crippen molar-refractivity contribution >= 4 is 46.2 Å².